The van der Waals surface area contributed by atoms with E-state index in [0.717, 1.165) is 11.4 Å². The number of aromatic nitrogens is 1. The number of nitrogens with zero attached hydrogens (tertiary/aromatic N) is 1. The summed E-state index contributed by atoms with van der Waals surface area (Å²) in [4.78, 5) is 4.20. The number of hydrogen-bond donors (Lipinski definition) is 0. The van der Waals surface area contributed by atoms with Crippen molar-refractivity contribution in [3.05, 3.63) is 57.9 Å². The molecule has 0 atom stereocenters. The topological polar surface area (TPSA) is 22.1 Å². The second kappa shape index (κ2) is 5.40. The fourth-order valence-electron chi connectivity index (χ4n) is 1.83. The van der Waals surface area contributed by atoms with Gasteiger partial charge >= 0.3 is 0 Å². The van der Waals surface area contributed by atoms with Crippen molar-refractivity contribution in [1.82, 2.24) is 4.98 Å². The van der Waals surface area contributed by atoms with Crippen LogP contribution in [0, 0.1) is 20.8 Å². The highest BCUT2D eigenvalue weighted by atomic mass is 35.5. The Morgan fingerprint density at radius 2 is 1.94 bits per heavy atom. The third-order valence-corrected chi connectivity index (χ3v) is 3.12. The summed E-state index contributed by atoms with van der Waals surface area (Å²) in [6.07, 6.45) is 0. The van der Waals surface area contributed by atoms with Crippen LogP contribution in [-0.2, 0) is 6.61 Å². The van der Waals surface area contributed by atoms with Crippen molar-refractivity contribution in [2.24, 2.45) is 0 Å². The van der Waals surface area contributed by atoms with Crippen LogP contribution in [0.1, 0.15) is 22.4 Å². The molecule has 3 heteroatoms. The van der Waals surface area contributed by atoms with E-state index in [4.69, 9.17) is 16.3 Å². The first-order chi connectivity index (χ1) is 8.56. The van der Waals surface area contributed by atoms with Gasteiger partial charge in [0, 0.05) is 0 Å². The number of halogens is 1. The molecule has 94 valence electrons. The Hall–Kier alpha value is -1.54. The third kappa shape index (κ3) is 3.02. The van der Waals surface area contributed by atoms with Gasteiger partial charge < -0.3 is 4.74 Å². The average molecular weight is 262 g/mol. The maximum absolute atomic E-state index is 5.84. The molecule has 0 bridgehead atoms. The minimum atomic E-state index is 0.435. The lowest BCUT2D eigenvalue weighted by atomic mass is 10.1. The van der Waals surface area contributed by atoms with Gasteiger partial charge in [-0.25, -0.2) is 4.98 Å². The van der Waals surface area contributed by atoms with Crippen molar-refractivity contribution >= 4 is 11.6 Å². The number of benzene rings is 1. The molecular formula is C15H16ClNO. The van der Waals surface area contributed by atoms with E-state index >= 15 is 0 Å². The number of aryl methyl sites for hydroxylation is 2. The van der Waals surface area contributed by atoms with Crippen LogP contribution < -0.4 is 4.74 Å². The molecule has 18 heavy (non-hydrogen) atoms. The Bertz CT molecular complexity index is 566. The minimum absolute atomic E-state index is 0.435. The molecule has 0 amide bonds. The van der Waals surface area contributed by atoms with Crippen LogP contribution >= 0.6 is 11.6 Å². The minimum Gasteiger partial charge on any atom is -0.487 e. The van der Waals surface area contributed by atoms with Crippen LogP contribution in [0.4, 0.5) is 0 Å². The van der Waals surface area contributed by atoms with Gasteiger partial charge in [0.25, 0.3) is 0 Å². The summed E-state index contributed by atoms with van der Waals surface area (Å²) in [7, 11) is 0. The zero-order valence-corrected chi connectivity index (χ0v) is 11.6. The molecule has 1 aromatic carbocycles. The van der Waals surface area contributed by atoms with Gasteiger partial charge in [0.15, 0.2) is 0 Å². The van der Waals surface area contributed by atoms with Crippen LogP contribution in [0.5, 0.6) is 5.75 Å². The van der Waals surface area contributed by atoms with Crippen molar-refractivity contribution in [2.75, 3.05) is 0 Å². The van der Waals surface area contributed by atoms with Gasteiger partial charge in [-0.2, -0.15) is 0 Å². The zero-order valence-electron chi connectivity index (χ0n) is 10.8. The van der Waals surface area contributed by atoms with E-state index in [0.29, 0.717) is 11.8 Å². The second-order valence-corrected chi connectivity index (χ2v) is 4.83. The SMILES string of the molecule is Cc1cc(C)c(C)c(OCc2cccc(Cl)n2)c1. The normalized spacial score (nSPS) is 10.4. The molecule has 2 aromatic rings. The van der Waals surface area contributed by atoms with Crippen LogP contribution in [0.15, 0.2) is 30.3 Å². The first kappa shape index (κ1) is 12.9. The Morgan fingerprint density at radius 1 is 1.17 bits per heavy atom. The largest absolute Gasteiger partial charge is 0.487 e. The molecular weight excluding hydrogens is 246 g/mol. The lowest BCUT2D eigenvalue weighted by molar-refractivity contribution is 0.299. The predicted octanol–water partition coefficient (Wildman–Crippen LogP) is 4.24. The lowest BCUT2D eigenvalue weighted by Gasteiger charge is -2.12. The summed E-state index contributed by atoms with van der Waals surface area (Å²) in [6.45, 7) is 6.66. The van der Waals surface area contributed by atoms with Gasteiger partial charge in [-0.15, -0.1) is 0 Å². The van der Waals surface area contributed by atoms with Crippen molar-refractivity contribution in [2.45, 2.75) is 27.4 Å². The van der Waals surface area contributed by atoms with Gasteiger partial charge in [0.05, 0.1) is 5.69 Å². The fourth-order valence-corrected chi connectivity index (χ4v) is 2.01. The molecule has 2 rings (SSSR count). The summed E-state index contributed by atoms with van der Waals surface area (Å²) < 4.78 is 5.82. The van der Waals surface area contributed by atoms with Gasteiger partial charge in [-0.1, -0.05) is 23.7 Å². The van der Waals surface area contributed by atoms with Crippen molar-refractivity contribution in [3.8, 4) is 5.75 Å². The van der Waals surface area contributed by atoms with Gasteiger partial charge in [-0.05, 0) is 55.7 Å². The van der Waals surface area contributed by atoms with Crippen molar-refractivity contribution in [1.29, 1.82) is 0 Å². The van der Waals surface area contributed by atoms with E-state index in [2.05, 4.69) is 31.8 Å². The monoisotopic (exact) mass is 261 g/mol. The molecule has 0 aliphatic carbocycles. The summed E-state index contributed by atoms with van der Waals surface area (Å²) in [5, 5.41) is 0.494. The Kier molecular flexibility index (Phi) is 3.87. The molecule has 2 nitrogen and oxygen atoms in total. The molecule has 0 unspecified atom stereocenters. The zero-order chi connectivity index (χ0) is 13.1. The molecule has 0 saturated carbocycles. The van der Waals surface area contributed by atoms with Gasteiger partial charge in [0.2, 0.25) is 0 Å². The summed E-state index contributed by atoms with van der Waals surface area (Å²) in [6, 6.07) is 9.74. The average Bonchev–Trinajstić information content (AvgIpc) is 2.32. The van der Waals surface area contributed by atoms with Crippen molar-refractivity contribution in [3.63, 3.8) is 0 Å². The van der Waals surface area contributed by atoms with Crippen molar-refractivity contribution < 1.29 is 4.74 Å². The molecule has 0 fully saturated rings. The van der Waals surface area contributed by atoms with Gasteiger partial charge in [-0.3, -0.25) is 0 Å². The second-order valence-electron chi connectivity index (χ2n) is 4.45. The number of rotatable bonds is 3. The third-order valence-electron chi connectivity index (χ3n) is 2.91. The van der Waals surface area contributed by atoms with E-state index < -0.39 is 0 Å². The van der Waals surface area contributed by atoms with E-state index in [-0.39, 0.29) is 0 Å². The molecule has 0 saturated heterocycles. The number of ether oxygens (including phenoxy) is 1. The van der Waals surface area contributed by atoms with Crippen LogP contribution in [0.3, 0.4) is 0 Å². The highest BCUT2D eigenvalue weighted by Crippen LogP contribution is 2.24. The van der Waals surface area contributed by atoms with E-state index in [1.807, 2.05) is 18.2 Å². The molecule has 1 aromatic heterocycles. The maximum atomic E-state index is 5.84. The fraction of sp³-hybridized carbons (Fsp3) is 0.267. The molecule has 0 N–H and O–H groups in total. The predicted molar refractivity (Wildman–Crippen MR) is 74.2 cm³/mol. The molecule has 0 spiro atoms. The first-order valence-corrected chi connectivity index (χ1v) is 6.26. The van der Waals surface area contributed by atoms with Crippen LogP contribution in [0.2, 0.25) is 5.15 Å². The molecule has 0 radical (unpaired) electrons. The summed E-state index contributed by atoms with van der Waals surface area (Å²) in [5.74, 6) is 0.911. The van der Waals surface area contributed by atoms with Crippen LogP contribution in [0.25, 0.3) is 0 Å². The van der Waals surface area contributed by atoms with E-state index in [1.165, 1.54) is 16.7 Å². The molecule has 0 aliphatic heterocycles. The number of hydrogen-bond acceptors (Lipinski definition) is 2. The maximum Gasteiger partial charge on any atom is 0.130 e. The lowest BCUT2D eigenvalue weighted by Crippen LogP contribution is -2.00. The summed E-state index contributed by atoms with van der Waals surface area (Å²) >= 11 is 5.84. The van der Waals surface area contributed by atoms with E-state index in [9.17, 15) is 0 Å². The van der Waals surface area contributed by atoms with Crippen LogP contribution in [-0.4, -0.2) is 4.98 Å². The summed E-state index contributed by atoms with van der Waals surface area (Å²) in [5.41, 5.74) is 4.44. The van der Waals surface area contributed by atoms with E-state index in [1.54, 1.807) is 6.07 Å². The Balaban J connectivity index is 2.15. The van der Waals surface area contributed by atoms with Gasteiger partial charge in [0.1, 0.15) is 17.5 Å². The quantitative estimate of drug-likeness (QED) is 0.771. The standard InChI is InChI=1S/C15H16ClNO/c1-10-7-11(2)12(3)14(8-10)18-9-13-5-4-6-15(16)17-13/h4-8H,9H2,1-3H3. The first-order valence-electron chi connectivity index (χ1n) is 5.88. The Morgan fingerprint density at radius 3 is 2.67 bits per heavy atom. The Labute approximate surface area is 113 Å². The highest BCUT2D eigenvalue weighted by molar-refractivity contribution is 6.29. The smallest absolute Gasteiger partial charge is 0.130 e. The highest BCUT2D eigenvalue weighted by Gasteiger charge is 2.05. The number of pyridine rings is 1. The molecule has 1 heterocycles. The molecule has 0 aliphatic rings.